The molecule has 6 nitrogen and oxygen atoms in total. The van der Waals surface area contributed by atoms with E-state index in [2.05, 4.69) is 10.3 Å². The number of rotatable bonds is 10. The van der Waals surface area contributed by atoms with Crippen molar-refractivity contribution in [2.75, 3.05) is 6.61 Å². The second kappa shape index (κ2) is 11.7. The molecule has 3 rings (SSSR count). The number of ether oxygens (including phenoxy) is 2. The number of amides is 1. The Morgan fingerprint density at radius 3 is 2.17 bits per heavy atom. The van der Waals surface area contributed by atoms with Crippen LogP contribution in [0, 0.1) is 0 Å². The Hall–Kier alpha value is -3.22. The Balaban J connectivity index is 1.56. The highest BCUT2D eigenvalue weighted by Gasteiger charge is 2.22. The molecule has 1 aromatic heterocycles. The van der Waals surface area contributed by atoms with Crippen LogP contribution in [-0.2, 0) is 29.1 Å². The monoisotopic (exact) mass is 405 g/mol. The number of nitrogens with zero attached hydrogens (tertiary/aromatic N) is 1. The first-order chi connectivity index (χ1) is 14.7. The molecule has 6 heteroatoms. The van der Waals surface area contributed by atoms with E-state index in [1.54, 1.807) is 6.20 Å². The number of hydrogen-bond acceptors (Lipinski definition) is 5. The lowest BCUT2D eigenvalue weighted by molar-refractivity contribution is 0.0822. The van der Waals surface area contributed by atoms with Crippen LogP contribution in [-0.4, -0.2) is 29.8 Å². The van der Waals surface area contributed by atoms with Crippen LogP contribution in [0.2, 0.25) is 0 Å². The number of carbonyl (C=O) groups excluding carboxylic acids is 1. The lowest BCUT2D eigenvalue weighted by Gasteiger charge is -2.24. The summed E-state index contributed by atoms with van der Waals surface area (Å²) < 4.78 is 11.2. The largest absolute Gasteiger partial charge is 0.445 e. The smallest absolute Gasteiger partial charge is 0.407 e. The maximum atomic E-state index is 12.4. The van der Waals surface area contributed by atoms with Gasteiger partial charge in [0.05, 0.1) is 19.3 Å². The molecule has 3 N–H and O–H groups in total. The lowest BCUT2D eigenvalue weighted by Crippen LogP contribution is -2.51. The molecule has 0 aliphatic heterocycles. The van der Waals surface area contributed by atoms with Gasteiger partial charge in [0.25, 0.3) is 0 Å². The van der Waals surface area contributed by atoms with Gasteiger partial charge < -0.3 is 20.5 Å². The molecule has 0 saturated carbocycles. The summed E-state index contributed by atoms with van der Waals surface area (Å²) in [6, 6.07) is 24.3. The van der Waals surface area contributed by atoms with E-state index in [1.807, 2.05) is 78.9 Å². The number of aromatic nitrogens is 1. The fourth-order valence-corrected chi connectivity index (χ4v) is 2.97. The zero-order valence-electron chi connectivity index (χ0n) is 16.8. The molecule has 2 aromatic carbocycles. The Morgan fingerprint density at radius 2 is 1.53 bits per heavy atom. The van der Waals surface area contributed by atoms with E-state index in [0.29, 0.717) is 13.0 Å². The summed E-state index contributed by atoms with van der Waals surface area (Å²) in [5, 5.41) is 2.85. The molecule has 156 valence electrons. The first-order valence-electron chi connectivity index (χ1n) is 9.95. The molecule has 1 amide bonds. The van der Waals surface area contributed by atoms with E-state index in [9.17, 15) is 4.79 Å². The SMILES string of the molecule is N[C@H](Cc1ccccn1)[C@H](COCc1ccccc1)NC(=O)OCc1ccccc1. The van der Waals surface area contributed by atoms with Gasteiger partial charge in [-0.1, -0.05) is 66.7 Å². The van der Waals surface area contributed by atoms with Gasteiger partial charge in [0.1, 0.15) is 6.61 Å². The minimum absolute atomic E-state index is 0.194. The molecular weight excluding hydrogens is 378 g/mol. The number of hydrogen-bond donors (Lipinski definition) is 2. The highest BCUT2D eigenvalue weighted by atomic mass is 16.5. The van der Waals surface area contributed by atoms with Crippen LogP contribution in [0.3, 0.4) is 0 Å². The van der Waals surface area contributed by atoms with Gasteiger partial charge in [-0.15, -0.1) is 0 Å². The van der Waals surface area contributed by atoms with Crippen molar-refractivity contribution in [3.63, 3.8) is 0 Å². The molecular formula is C24H27N3O3. The van der Waals surface area contributed by atoms with Crippen molar-refractivity contribution in [1.29, 1.82) is 0 Å². The van der Waals surface area contributed by atoms with Crippen LogP contribution in [0.1, 0.15) is 16.8 Å². The van der Waals surface area contributed by atoms with Crippen molar-refractivity contribution in [3.8, 4) is 0 Å². The number of alkyl carbamates (subject to hydrolysis) is 1. The number of nitrogens with two attached hydrogens (primary N) is 1. The average Bonchev–Trinajstić information content (AvgIpc) is 2.79. The van der Waals surface area contributed by atoms with Gasteiger partial charge in [-0.2, -0.15) is 0 Å². The highest BCUT2D eigenvalue weighted by Crippen LogP contribution is 2.07. The average molecular weight is 405 g/mol. The van der Waals surface area contributed by atoms with Crippen molar-refractivity contribution < 1.29 is 14.3 Å². The van der Waals surface area contributed by atoms with E-state index in [0.717, 1.165) is 16.8 Å². The normalized spacial score (nSPS) is 12.7. The third-order valence-electron chi connectivity index (χ3n) is 4.61. The van der Waals surface area contributed by atoms with Crippen LogP contribution >= 0.6 is 0 Å². The van der Waals surface area contributed by atoms with E-state index in [4.69, 9.17) is 15.2 Å². The molecule has 3 aromatic rings. The van der Waals surface area contributed by atoms with Gasteiger partial charge in [0.2, 0.25) is 0 Å². The highest BCUT2D eigenvalue weighted by molar-refractivity contribution is 5.67. The van der Waals surface area contributed by atoms with Crippen LogP contribution in [0.25, 0.3) is 0 Å². The first kappa shape index (κ1) is 21.5. The maximum Gasteiger partial charge on any atom is 0.407 e. The second-order valence-electron chi connectivity index (χ2n) is 7.00. The third kappa shape index (κ3) is 7.31. The second-order valence-corrected chi connectivity index (χ2v) is 7.00. The summed E-state index contributed by atoms with van der Waals surface area (Å²) in [6.07, 6.45) is 1.72. The molecule has 30 heavy (non-hydrogen) atoms. The van der Waals surface area contributed by atoms with Gasteiger partial charge >= 0.3 is 6.09 Å². The van der Waals surface area contributed by atoms with Gasteiger partial charge in [-0.3, -0.25) is 4.98 Å². The minimum atomic E-state index is -0.524. The standard InChI is InChI=1S/C24H27N3O3/c25-22(15-21-13-7-8-14-26-21)23(18-29-16-19-9-3-1-4-10-19)27-24(28)30-17-20-11-5-2-6-12-20/h1-14,22-23H,15-18,25H2,(H,27,28)/t22-,23+/m1/s1. The molecule has 0 fully saturated rings. The Kier molecular flexibility index (Phi) is 8.38. The number of benzene rings is 2. The Bertz CT molecular complexity index is 876. The Labute approximate surface area is 177 Å². The molecule has 0 spiro atoms. The first-order valence-corrected chi connectivity index (χ1v) is 9.95. The zero-order valence-corrected chi connectivity index (χ0v) is 16.8. The number of carbonyl (C=O) groups is 1. The van der Waals surface area contributed by atoms with Crippen molar-refractivity contribution in [3.05, 3.63) is 102 Å². The fourth-order valence-electron chi connectivity index (χ4n) is 2.97. The van der Waals surface area contributed by atoms with Crippen LogP contribution in [0.15, 0.2) is 85.1 Å². The molecule has 2 atom stereocenters. The molecule has 0 bridgehead atoms. The van der Waals surface area contributed by atoms with Crippen LogP contribution in [0.4, 0.5) is 4.79 Å². The molecule has 0 aliphatic carbocycles. The van der Waals surface area contributed by atoms with Gasteiger partial charge in [-0.25, -0.2) is 4.79 Å². The van der Waals surface area contributed by atoms with E-state index >= 15 is 0 Å². The summed E-state index contributed by atoms with van der Waals surface area (Å²) in [4.78, 5) is 16.7. The van der Waals surface area contributed by atoms with Crippen molar-refractivity contribution in [2.45, 2.75) is 31.7 Å². The summed E-state index contributed by atoms with van der Waals surface area (Å²) >= 11 is 0. The van der Waals surface area contributed by atoms with Gasteiger partial charge in [0, 0.05) is 24.4 Å². The number of pyridine rings is 1. The van der Waals surface area contributed by atoms with Gasteiger partial charge in [0.15, 0.2) is 0 Å². The minimum Gasteiger partial charge on any atom is -0.445 e. The zero-order chi connectivity index (χ0) is 21.0. The third-order valence-corrected chi connectivity index (χ3v) is 4.61. The maximum absolute atomic E-state index is 12.4. The molecule has 0 unspecified atom stereocenters. The summed E-state index contributed by atoms with van der Waals surface area (Å²) in [5.41, 5.74) is 9.23. The predicted octanol–water partition coefficient (Wildman–Crippen LogP) is 3.46. The quantitative estimate of drug-likeness (QED) is 0.539. The van der Waals surface area contributed by atoms with Crippen molar-refractivity contribution in [2.24, 2.45) is 5.73 Å². The molecule has 0 saturated heterocycles. The fraction of sp³-hybridized carbons (Fsp3) is 0.250. The van der Waals surface area contributed by atoms with E-state index in [-0.39, 0.29) is 19.3 Å². The molecule has 0 aliphatic rings. The summed E-state index contributed by atoms with van der Waals surface area (Å²) in [7, 11) is 0. The van der Waals surface area contributed by atoms with E-state index < -0.39 is 12.1 Å². The summed E-state index contributed by atoms with van der Waals surface area (Å²) in [6.45, 7) is 0.900. The van der Waals surface area contributed by atoms with Crippen LogP contribution in [0.5, 0.6) is 0 Å². The predicted molar refractivity (Wildman–Crippen MR) is 116 cm³/mol. The summed E-state index contributed by atoms with van der Waals surface area (Å²) in [5.74, 6) is 0. The number of nitrogens with one attached hydrogen (secondary N) is 1. The molecule has 1 heterocycles. The Morgan fingerprint density at radius 1 is 0.900 bits per heavy atom. The lowest BCUT2D eigenvalue weighted by atomic mass is 10.0. The van der Waals surface area contributed by atoms with Crippen LogP contribution < -0.4 is 11.1 Å². The van der Waals surface area contributed by atoms with Crippen molar-refractivity contribution in [1.82, 2.24) is 10.3 Å². The topological polar surface area (TPSA) is 86.5 Å². The molecule has 0 radical (unpaired) electrons. The van der Waals surface area contributed by atoms with Gasteiger partial charge in [-0.05, 0) is 23.3 Å². The van der Waals surface area contributed by atoms with E-state index in [1.165, 1.54) is 0 Å². The van der Waals surface area contributed by atoms with Crippen molar-refractivity contribution >= 4 is 6.09 Å².